The Labute approximate surface area is 131 Å². The van der Waals surface area contributed by atoms with Gasteiger partial charge < -0.3 is 5.11 Å². The average molecular weight is 355 g/mol. The molecule has 114 valence electrons. The van der Waals surface area contributed by atoms with Crippen LogP contribution in [0.4, 0.5) is 0 Å². The summed E-state index contributed by atoms with van der Waals surface area (Å²) in [5.74, 6) is -0.837. The van der Waals surface area contributed by atoms with Crippen LogP contribution < -0.4 is 0 Å². The number of aryl methyl sites for hydroxylation is 3. The summed E-state index contributed by atoms with van der Waals surface area (Å²) in [5, 5.41) is 17.9. The number of rotatable bonds is 5. The van der Waals surface area contributed by atoms with Gasteiger partial charge in [0.15, 0.2) is 0 Å². The van der Waals surface area contributed by atoms with Gasteiger partial charge in [0.25, 0.3) is 0 Å². The quantitative estimate of drug-likeness (QED) is 0.894. The molecule has 0 aliphatic carbocycles. The van der Waals surface area contributed by atoms with Crippen molar-refractivity contribution < 1.29 is 9.90 Å². The van der Waals surface area contributed by atoms with E-state index in [2.05, 4.69) is 26.1 Å². The van der Waals surface area contributed by atoms with E-state index in [1.807, 2.05) is 37.1 Å². The third kappa shape index (κ3) is 3.02. The Hall–Kier alpha value is -1.63. The molecule has 21 heavy (non-hydrogen) atoms. The molecule has 0 saturated heterocycles. The standard InChI is InChI=1S/C14H19BrN4O2/c1-5-18-12(14(15)9(3)17-18)7-19-10(4)11(6-13(20)21)8(2)16-19/h5-7H2,1-4H3,(H,20,21). The van der Waals surface area contributed by atoms with Crippen molar-refractivity contribution in [3.05, 3.63) is 32.8 Å². The molecule has 0 fully saturated rings. The van der Waals surface area contributed by atoms with E-state index in [0.29, 0.717) is 6.54 Å². The maximum atomic E-state index is 10.9. The third-order valence-electron chi connectivity index (χ3n) is 3.61. The number of nitrogens with zero attached hydrogens (tertiary/aromatic N) is 4. The van der Waals surface area contributed by atoms with Gasteiger partial charge in [0.05, 0.1) is 34.5 Å². The van der Waals surface area contributed by atoms with Gasteiger partial charge in [-0.3, -0.25) is 14.2 Å². The molecule has 2 aromatic heterocycles. The zero-order valence-electron chi connectivity index (χ0n) is 12.6. The van der Waals surface area contributed by atoms with Crippen LogP contribution >= 0.6 is 15.9 Å². The molecule has 2 aromatic rings. The molecular formula is C14H19BrN4O2. The van der Waals surface area contributed by atoms with Crippen molar-refractivity contribution in [2.75, 3.05) is 0 Å². The van der Waals surface area contributed by atoms with Crippen molar-refractivity contribution in [1.82, 2.24) is 19.6 Å². The highest BCUT2D eigenvalue weighted by atomic mass is 79.9. The molecule has 1 N–H and O–H groups in total. The minimum absolute atomic E-state index is 0.00486. The molecule has 7 heteroatoms. The second-order valence-corrected chi connectivity index (χ2v) is 5.83. The van der Waals surface area contributed by atoms with Crippen molar-refractivity contribution in [3.63, 3.8) is 0 Å². The molecule has 0 unspecified atom stereocenters. The van der Waals surface area contributed by atoms with Crippen LogP contribution in [0.5, 0.6) is 0 Å². The van der Waals surface area contributed by atoms with E-state index in [0.717, 1.165) is 39.4 Å². The second kappa shape index (κ2) is 6.01. The number of aliphatic carboxylic acids is 1. The SMILES string of the molecule is CCn1nc(C)c(Br)c1Cn1nc(C)c(CC(=O)O)c1C. The van der Waals surface area contributed by atoms with Crippen LogP contribution in [-0.4, -0.2) is 30.6 Å². The molecule has 0 aromatic carbocycles. The summed E-state index contributed by atoms with van der Waals surface area (Å²) in [6.45, 7) is 9.10. The van der Waals surface area contributed by atoms with E-state index in [-0.39, 0.29) is 6.42 Å². The lowest BCUT2D eigenvalue weighted by atomic mass is 10.1. The molecule has 0 aliphatic heterocycles. The molecule has 0 atom stereocenters. The molecule has 2 rings (SSSR count). The van der Waals surface area contributed by atoms with Gasteiger partial charge in [0.2, 0.25) is 0 Å². The Kier molecular flexibility index (Phi) is 4.51. The van der Waals surface area contributed by atoms with Gasteiger partial charge in [-0.25, -0.2) is 0 Å². The lowest BCUT2D eigenvalue weighted by molar-refractivity contribution is -0.136. The minimum atomic E-state index is -0.837. The van der Waals surface area contributed by atoms with E-state index in [4.69, 9.17) is 5.11 Å². The molecule has 0 spiro atoms. The third-order valence-corrected chi connectivity index (χ3v) is 4.64. The first kappa shape index (κ1) is 15.8. The molecule has 0 saturated carbocycles. The summed E-state index contributed by atoms with van der Waals surface area (Å²) < 4.78 is 4.77. The van der Waals surface area contributed by atoms with Gasteiger partial charge in [-0.15, -0.1) is 0 Å². The maximum Gasteiger partial charge on any atom is 0.307 e. The molecular weight excluding hydrogens is 336 g/mol. The van der Waals surface area contributed by atoms with E-state index in [1.54, 1.807) is 0 Å². The maximum absolute atomic E-state index is 10.9. The highest BCUT2D eigenvalue weighted by Gasteiger charge is 2.18. The van der Waals surface area contributed by atoms with Crippen molar-refractivity contribution >= 4 is 21.9 Å². The fourth-order valence-corrected chi connectivity index (χ4v) is 2.87. The van der Waals surface area contributed by atoms with E-state index < -0.39 is 5.97 Å². The van der Waals surface area contributed by atoms with E-state index in [1.165, 1.54) is 0 Å². The summed E-state index contributed by atoms with van der Waals surface area (Å²) >= 11 is 3.57. The Balaban J connectivity index is 2.39. The van der Waals surface area contributed by atoms with Crippen LogP contribution in [0.3, 0.4) is 0 Å². The van der Waals surface area contributed by atoms with Crippen molar-refractivity contribution in [2.24, 2.45) is 0 Å². The van der Waals surface area contributed by atoms with Gasteiger partial charge >= 0.3 is 5.97 Å². The molecule has 0 amide bonds. The number of aromatic nitrogens is 4. The zero-order chi connectivity index (χ0) is 15.7. The van der Waals surface area contributed by atoms with Crippen LogP contribution in [0.25, 0.3) is 0 Å². The molecule has 0 radical (unpaired) electrons. The topological polar surface area (TPSA) is 72.9 Å². The Morgan fingerprint density at radius 3 is 2.38 bits per heavy atom. The number of carboxylic acids is 1. The highest BCUT2D eigenvalue weighted by Crippen LogP contribution is 2.23. The van der Waals surface area contributed by atoms with E-state index in [9.17, 15) is 4.79 Å². The lowest BCUT2D eigenvalue weighted by Gasteiger charge is -2.08. The van der Waals surface area contributed by atoms with Crippen LogP contribution in [-0.2, 0) is 24.3 Å². The Morgan fingerprint density at radius 1 is 1.19 bits per heavy atom. The van der Waals surface area contributed by atoms with Gasteiger partial charge in [-0.05, 0) is 43.6 Å². The Morgan fingerprint density at radius 2 is 1.81 bits per heavy atom. The summed E-state index contributed by atoms with van der Waals surface area (Å²) in [7, 11) is 0. The number of hydrogen-bond acceptors (Lipinski definition) is 3. The summed E-state index contributed by atoms with van der Waals surface area (Å²) in [6.07, 6.45) is 0.00486. The van der Waals surface area contributed by atoms with Gasteiger partial charge in [-0.1, -0.05) is 0 Å². The summed E-state index contributed by atoms with van der Waals surface area (Å²) in [4.78, 5) is 10.9. The summed E-state index contributed by atoms with van der Waals surface area (Å²) in [5.41, 5.74) is 4.44. The van der Waals surface area contributed by atoms with Crippen LogP contribution in [0.2, 0.25) is 0 Å². The minimum Gasteiger partial charge on any atom is -0.481 e. The monoisotopic (exact) mass is 354 g/mol. The highest BCUT2D eigenvalue weighted by molar-refractivity contribution is 9.10. The lowest BCUT2D eigenvalue weighted by Crippen LogP contribution is -2.11. The normalized spacial score (nSPS) is 11.1. The predicted molar refractivity (Wildman–Crippen MR) is 82.5 cm³/mol. The van der Waals surface area contributed by atoms with E-state index >= 15 is 0 Å². The Bertz CT molecular complexity index is 688. The van der Waals surface area contributed by atoms with Crippen molar-refractivity contribution in [2.45, 2.75) is 47.2 Å². The number of hydrogen-bond donors (Lipinski definition) is 1. The van der Waals surface area contributed by atoms with Crippen molar-refractivity contribution in [3.8, 4) is 0 Å². The first-order valence-electron chi connectivity index (χ1n) is 6.81. The van der Waals surface area contributed by atoms with Gasteiger partial charge in [0.1, 0.15) is 0 Å². The summed E-state index contributed by atoms with van der Waals surface area (Å²) in [6, 6.07) is 0. The number of carboxylic acid groups (broad SMARTS) is 1. The number of halogens is 1. The fraction of sp³-hybridized carbons (Fsp3) is 0.500. The smallest absolute Gasteiger partial charge is 0.307 e. The number of carbonyl (C=O) groups is 1. The largest absolute Gasteiger partial charge is 0.481 e. The zero-order valence-corrected chi connectivity index (χ0v) is 14.2. The van der Waals surface area contributed by atoms with Crippen molar-refractivity contribution in [1.29, 1.82) is 0 Å². The van der Waals surface area contributed by atoms with Crippen LogP contribution in [0.1, 0.15) is 35.3 Å². The van der Waals surface area contributed by atoms with Gasteiger partial charge in [-0.2, -0.15) is 10.2 Å². The average Bonchev–Trinajstić information content (AvgIpc) is 2.83. The first-order valence-corrected chi connectivity index (χ1v) is 7.60. The first-order chi connectivity index (χ1) is 9.85. The molecule has 6 nitrogen and oxygen atoms in total. The molecule has 2 heterocycles. The fourth-order valence-electron chi connectivity index (χ4n) is 2.46. The second-order valence-electron chi connectivity index (χ2n) is 5.04. The molecule has 0 bridgehead atoms. The van der Waals surface area contributed by atoms with Crippen LogP contribution in [0.15, 0.2) is 4.47 Å². The predicted octanol–water partition coefficient (Wildman–Crippen LogP) is 2.46. The van der Waals surface area contributed by atoms with Gasteiger partial charge in [0, 0.05) is 17.8 Å². The molecule has 0 aliphatic rings. The van der Waals surface area contributed by atoms with Crippen LogP contribution in [0, 0.1) is 20.8 Å².